The lowest BCUT2D eigenvalue weighted by Crippen LogP contribution is -2.38. The molecule has 134 valence electrons. The van der Waals surface area contributed by atoms with E-state index in [4.69, 9.17) is 0 Å². The van der Waals surface area contributed by atoms with Crippen molar-refractivity contribution in [2.75, 3.05) is 23.7 Å². The van der Waals surface area contributed by atoms with Crippen LogP contribution in [0.25, 0.3) is 0 Å². The number of sulfonamides is 1. The number of carbonyl (C=O) groups excluding carboxylic acids is 1. The predicted octanol–water partition coefficient (Wildman–Crippen LogP) is 2.26. The van der Waals surface area contributed by atoms with Gasteiger partial charge in [0.25, 0.3) is 0 Å². The van der Waals surface area contributed by atoms with E-state index in [1.165, 1.54) is 16.4 Å². The summed E-state index contributed by atoms with van der Waals surface area (Å²) in [4.78, 5) is 12.0. The molecule has 0 saturated carbocycles. The van der Waals surface area contributed by atoms with Gasteiger partial charge in [-0.15, -0.1) is 0 Å². The predicted molar refractivity (Wildman–Crippen MR) is 96.5 cm³/mol. The second-order valence-electron chi connectivity index (χ2n) is 5.78. The molecule has 0 aliphatic rings. The topological polar surface area (TPSA) is 66.5 Å². The zero-order valence-corrected chi connectivity index (χ0v) is 15.0. The number of para-hydroxylation sites is 1. The summed E-state index contributed by atoms with van der Waals surface area (Å²) in [6.07, 6.45) is 1.18. The van der Waals surface area contributed by atoms with Crippen LogP contribution in [0.5, 0.6) is 0 Å². The minimum absolute atomic E-state index is 0.0427. The molecule has 0 bridgehead atoms. The van der Waals surface area contributed by atoms with Crippen LogP contribution in [0, 0.1) is 12.7 Å². The van der Waals surface area contributed by atoms with Crippen LogP contribution in [-0.4, -0.2) is 33.7 Å². The third kappa shape index (κ3) is 5.56. The van der Waals surface area contributed by atoms with Gasteiger partial charge in [-0.2, -0.15) is 0 Å². The number of anilines is 1. The normalized spacial score (nSPS) is 11.2. The number of benzene rings is 2. The molecule has 25 heavy (non-hydrogen) atoms. The molecule has 0 unspecified atom stereocenters. The third-order valence-electron chi connectivity index (χ3n) is 3.68. The molecule has 0 heterocycles. The average Bonchev–Trinajstić information content (AvgIpc) is 2.51. The highest BCUT2D eigenvalue weighted by Gasteiger charge is 2.18. The van der Waals surface area contributed by atoms with Gasteiger partial charge in [0, 0.05) is 6.54 Å². The van der Waals surface area contributed by atoms with Crippen molar-refractivity contribution in [1.29, 1.82) is 0 Å². The summed E-state index contributed by atoms with van der Waals surface area (Å²) in [7, 11) is -3.47. The largest absolute Gasteiger partial charge is 0.354 e. The number of aryl methyl sites for hydroxylation is 1. The Bertz CT molecular complexity index is 853. The van der Waals surface area contributed by atoms with Crippen molar-refractivity contribution in [3.63, 3.8) is 0 Å². The molecule has 1 N–H and O–H groups in total. The molecule has 0 saturated heterocycles. The molecular formula is C18H21FN2O3S. The Balaban J connectivity index is 1.97. The molecule has 0 aliphatic heterocycles. The highest BCUT2D eigenvalue weighted by Crippen LogP contribution is 2.21. The Labute approximate surface area is 147 Å². The Morgan fingerprint density at radius 2 is 1.88 bits per heavy atom. The Morgan fingerprint density at radius 3 is 2.52 bits per heavy atom. The second-order valence-corrected chi connectivity index (χ2v) is 7.69. The van der Waals surface area contributed by atoms with Gasteiger partial charge in [0.1, 0.15) is 5.82 Å². The molecule has 5 nitrogen and oxygen atoms in total. The van der Waals surface area contributed by atoms with E-state index in [2.05, 4.69) is 5.32 Å². The highest BCUT2D eigenvalue weighted by atomic mass is 32.2. The number of amides is 1. The number of carbonyl (C=O) groups is 1. The van der Waals surface area contributed by atoms with Gasteiger partial charge >= 0.3 is 0 Å². The first-order valence-corrected chi connectivity index (χ1v) is 9.66. The van der Waals surface area contributed by atoms with Crippen LogP contribution in [-0.2, 0) is 21.2 Å². The minimum Gasteiger partial charge on any atom is -0.354 e. The standard InChI is InChI=1S/C18H21FN2O3S/c1-14-6-3-4-9-17(14)21(25(2,23)24)11-10-20-18(22)13-15-7-5-8-16(19)12-15/h3-9,12H,10-11,13H2,1-2H3,(H,20,22). The van der Waals surface area contributed by atoms with Crippen molar-refractivity contribution >= 4 is 21.6 Å². The maximum absolute atomic E-state index is 13.1. The van der Waals surface area contributed by atoms with Crippen LogP contribution >= 0.6 is 0 Å². The van der Waals surface area contributed by atoms with Gasteiger partial charge in [-0.3, -0.25) is 9.10 Å². The first kappa shape index (κ1) is 18.9. The molecule has 0 atom stereocenters. The van der Waals surface area contributed by atoms with Crippen molar-refractivity contribution in [2.45, 2.75) is 13.3 Å². The van der Waals surface area contributed by atoms with Gasteiger partial charge in [0.2, 0.25) is 15.9 Å². The quantitative estimate of drug-likeness (QED) is 0.819. The lowest BCUT2D eigenvalue weighted by atomic mass is 10.1. The van der Waals surface area contributed by atoms with Crippen LogP contribution in [0.3, 0.4) is 0 Å². The second kappa shape index (κ2) is 8.11. The summed E-state index contributed by atoms with van der Waals surface area (Å²) in [5.74, 6) is -0.683. The third-order valence-corrected chi connectivity index (χ3v) is 4.86. The van der Waals surface area contributed by atoms with E-state index in [0.717, 1.165) is 11.8 Å². The average molecular weight is 364 g/mol. The monoisotopic (exact) mass is 364 g/mol. The molecule has 0 spiro atoms. The molecule has 0 radical (unpaired) electrons. The number of hydrogen-bond donors (Lipinski definition) is 1. The van der Waals surface area contributed by atoms with E-state index in [-0.39, 0.29) is 25.4 Å². The van der Waals surface area contributed by atoms with Crippen LogP contribution in [0.1, 0.15) is 11.1 Å². The number of halogens is 1. The zero-order valence-electron chi connectivity index (χ0n) is 14.2. The summed E-state index contributed by atoms with van der Waals surface area (Å²) in [5.41, 5.74) is 1.99. The summed E-state index contributed by atoms with van der Waals surface area (Å²) < 4.78 is 38.5. The molecule has 0 aliphatic carbocycles. The van der Waals surface area contributed by atoms with E-state index in [9.17, 15) is 17.6 Å². The summed E-state index contributed by atoms with van der Waals surface area (Å²) in [6.45, 7) is 2.12. The molecule has 2 aromatic carbocycles. The Morgan fingerprint density at radius 1 is 1.16 bits per heavy atom. The summed E-state index contributed by atoms with van der Waals surface area (Å²) in [5, 5.41) is 2.67. The van der Waals surface area contributed by atoms with E-state index >= 15 is 0 Å². The van der Waals surface area contributed by atoms with Crippen molar-refractivity contribution in [3.8, 4) is 0 Å². The molecule has 0 fully saturated rings. The minimum atomic E-state index is -3.47. The van der Waals surface area contributed by atoms with E-state index < -0.39 is 15.8 Å². The van der Waals surface area contributed by atoms with Crippen LogP contribution in [0.4, 0.5) is 10.1 Å². The Hall–Kier alpha value is -2.41. The fourth-order valence-electron chi connectivity index (χ4n) is 2.50. The van der Waals surface area contributed by atoms with Crippen molar-refractivity contribution in [3.05, 3.63) is 65.5 Å². The van der Waals surface area contributed by atoms with Crippen molar-refractivity contribution in [1.82, 2.24) is 5.32 Å². The van der Waals surface area contributed by atoms with E-state index in [1.807, 2.05) is 19.1 Å². The van der Waals surface area contributed by atoms with Gasteiger partial charge in [-0.1, -0.05) is 30.3 Å². The molecular weight excluding hydrogens is 343 g/mol. The molecule has 7 heteroatoms. The number of nitrogens with zero attached hydrogens (tertiary/aromatic N) is 1. The fourth-order valence-corrected chi connectivity index (χ4v) is 3.48. The first-order valence-electron chi connectivity index (χ1n) is 7.82. The van der Waals surface area contributed by atoms with Crippen LogP contribution < -0.4 is 9.62 Å². The van der Waals surface area contributed by atoms with Gasteiger partial charge in [0.05, 0.1) is 24.9 Å². The lowest BCUT2D eigenvalue weighted by molar-refractivity contribution is -0.120. The SMILES string of the molecule is Cc1ccccc1N(CCNC(=O)Cc1cccc(F)c1)S(C)(=O)=O. The molecule has 1 amide bonds. The van der Waals surface area contributed by atoms with Crippen molar-refractivity contribution in [2.24, 2.45) is 0 Å². The van der Waals surface area contributed by atoms with Gasteiger partial charge < -0.3 is 5.32 Å². The molecule has 2 rings (SSSR count). The van der Waals surface area contributed by atoms with Gasteiger partial charge in [-0.25, -0.2) is 12.8 Å². The smallest absolute Gasteiger partial charge is 0.232 e. The van der Waals surface area contributed by atoms with Crippen molar-refractivity contribution < 1.29 is 17.6 Å². The van der Waals surface area contributed by atoms with Gasteiger partial charge in [0.15, 0.2) is 0 Å². The zero-order chi connectivity index (χ0) is 18.4. The number of nitrogens with one attached hydrogen (secondary N) is 1. The maximum atomic E-state index is 13.1. The highest BCUT2D eigenvalue weighted by molar-refractivity contribution is 7.92. The summed E-state index contributed by atoms with van der Waals surface area (Å²) >= 11 is 0. The van der Waals surface area contributed by atoms with Crippen LogP contribution in [0.15, 0.2) is 48.5 Å². The Kier molecular flexibility index (Phi) is 6.14. The van der Waals surface area contributed by atoms with Crippen LogP contribution in [0.2, 0.25) is 0 Å². The fraction of sp³-hybridized carbons (Fsp3) is 0.278. The maximum Gasteiger partial charge on any atom is 0.232 e. The summed E-state index contributed by atoms with van der Waals surface area (Å²) in [6, 6.07) is 13.0. The van der Waals surface area contributed by atoms with E-state index in [0.29, 0.717) is 11.3 Å². The van der Waals surface area contributed by atoms with E-state index in [1.54, 1.807) is 24.3 Å². The molecule has 2 aromatic rings. The number of rotatable bonds is 7. The molecule has 0 aromatic heterocycles. The number of hydrogen-bond acceptors (Lipinski definition) is 3. The first-order chi connectivity index (χ1) is 11.8. The van der Waals surface area contributed by atoms with Gasteiger partial charge in [-0.05, 0) is 36.2 Å². The lowest BCUT2D eigenvalue weighted by Gasteiger charge is -2.24.